The zero-order valence-corrected chi connectivity index (χ0v) is 18.4. The number of pyridine rings is 1. The van der Waals surface area contributed by atoms with Gasteiger partial charge in [-0.3, -0.25) is 9.69 Å². The number of ether oxygens (including phenoxy) is 1. The molecule has 3 aliphatic rings. The first-order valence-corrected chi connectivity index (χ1v) is 11.6. The van der Waals surface area contributed by atoms with Crippen molar-refractivity contribution in [3.8, 4) is 0 Å². The lowest BCUT2D eigenvalue weighted by molar-refractivity contribution is -0.199. The van der Waals surface area contributed by atoms with Crippen LogP contribution in [0.3, 0.4) is 0 Å². The van der Waals surface area contributed by atoms with E-state index in [1.165, 1.54) is 31.9 Å². The van der Waals surface area contributed by atoms with Gasteiger partial charge in [0.15, 0.2) is 12.1 Å². The maximum absolute atomic E-state index is 14.2. The van der Waals surface area contributed by atoms with Gasteiger partial charge in [0, 0.05) is 44.4 Å². The Hall–Kier alpha value is -1.74. The van der Waals surface area contributed by atoms with Gasteiger partial charge >= 0.3 is 5.91 Å². The number of rotatable bonds is 7. The van der Waals surface area contributed by atoms with Crippen LogP contribution in [0.5, 0.6) is 0 Å². The number of hydrogen-bond donors (Lipinski definition) is 2. The molecule has 1 aromatic heterocycles. The molecule has 2 atom stereocenters. The van der Waals surface area contributed by atoms with E-state index in [0.717, 1.165) is 38.4 Å². The van der Waals surface area contributed by atoms with Crippen molar-refractivity contribution in [3.05, 3.63) is 28.7 Å². The maximum atomic E-state index is 14.2. The Kier molecular flexibility index (Phi) is 7.76. The van der Waals surface area contributed by atoms with Crippen molar-refractivity contribution in [2.24, 2.45) is 0 Å². The molecular weight excluding hydrogens is 423 g/mol. The average molecular weight is 453 g/mol. The number of hydroxylamine groups is 1. The summed E-state index contributed by atoms with van der Waals surface area (Å²) in [5.74, 6) is -1.37. The zero-order valence-electron chi connectivity index (χ0n) is 17.6. The average Bonchev–Trinajstić information content (AvgIpc) is 3.46. The van der Waals surface area contributed by atoms with Gasteiger partial charge in [0.2, 0.25) is 0 Å². The first-order chi connectivity index (χ1) is 15.1. The largest absolute Gasteiger partial charge is 0.365 e. The van der Waals surface area contributed by atoms with Gasteiger partial charge in [0.05, 0.1) is 5.02 Å². The Morgan fingerprint density at radius 1 is 1.26 bits per heavy atom. The summed E-state index contributed by atoms with van der Waals surface area (Å²) >= 11 is 6.36. The fourth-order valence-electron chi connectivity index (χ4n) is 4.52. The second kappa shape index (κ2) is 10.7. The smallest absolute Gasteiger partial charge is 0.303 e. The van der Waals surface area contributed by atoms with Gasteiger partial charge in [0.1, 0.15) is 5.82 Å². The SMILES string of the molecule is O=C(NOC1CCCCO1)C(F)=Cc1cnc(N[C@@H]2CCN(C3CCCC3)C2)c(Cl)c1. The monoisotopic (exact) mass is 452 g/mol. The molecule has 1 unspecified atom stereocenters. The van der Waals surface area contributed by atoms with Gasteiger partial charge in [-0.25, -0.2) is 19.7 Å². The van der Waals surface area contributed by atoms with Crippen molar-refractivity contribution in [1.82, 2.24) is 15.4 Å². The molecule has 170 valence electrons. The number of amides is 1. The van der Waals surface area contributed by atoms with Gasteiger partial charge < -0.3 is 10.1 Å². The van der Waals surface area contributed by atoms with Crippen molar-refractivity contribution in [3.63, 3.8) is 0 Å². The Morgan fingerprint density at radius 2 is 2.06 bits per heavy atom. The minimum absolute atomic E-state index is 0.300. The van der Waals surface area contributed by atoms with Crippen molar-refractivity contribution < 1.29 is 18.8 Å². The molecule has 4 rings (SSSR count). The molecule has 1 aromatic rings. The number of halogens is 2. The standard InChI is InChI=1S/C22H30ClFN4O3/c23-18-11-15(12-19(24)22(29)27-31-20-7-3-4-10-30-20)13-25-21(18)26-16-8-9-28(14-16)17-5-1-2-6-17/h11-13,16-17,20H,1-10,14H2,(H,25,26)(H,27,29)/t16-,20?/m1/s1. The minimum atomic E-state index is -0.989. The number of carbonyl (C=O) groups excluding carboxylic acids is 1. The highest BCUT2D eigenvalue weighted by atomic mass is 35.5. The fraction of sp³-hybridized carbons (Fsp3) is 0.636. The summed E-state index contributed by atoms with van der Waals surface area (Å²) in [6.45, 7) is 2.65. The predicted octanol–water partition coefficient (Wildman–Crippen LogP) is 4.05. The van der Waals surface area contributed by atoms with Crippen molar-refractivity contribution in [2.75, 3.05) is 25.0 Å². The highest BCUT2D eigenvalue weighted by Crippen LogP contribution is 2.29. The molecule has 31 heavy (non-hydrogen) atoms. The lowest BCUT2D eigenvalue weighted by atomic mass is 10.2. The van der Waals surface area contributed by atoms with E-state index in [0.29, 0.717) is 41.5 Å². The van der Waals surface area contributed by atoms with Crippen LogP contribution in [0.1, 0.15) is 56.9 Å². The normalized spacial score (nSPS) is 25.7. The third kappa shape index (κ3) is 6.16. The van der Waals surface area contributed by atoms with E-state index >= 15 is 0 Å². The Morgan fingerprint density at radius 3 is 2.81 bits per heavy atom. The van der Waals surface area contributed by atoms with E-state index in [-0.39, 0.29) is 0 Å². The molecule has 1 amide bonds. The molecule has 0 spiro atoms. The van der Waals surface area contributed by atoms with Gasteiger partial charge in [-0.1, -0.05) is 24.4 Å². The van der Waals surface area contributed by atoms with Gasteiger partial charge in [0.25, 0.3) is 0 Å². The summed E-state index contributed by atoms with van der Waals surface area (Å²) in [4.78, 5) is 23.9. The van der Waals surface area contributed by atoms with E-state index in [2.05, 4.69) is 20.7 Å². The summed E-state index contributed by atoms with van der Waals surface area (Å²) in [5, 5.41) is 3.81. The van der Waals surface area contributed by atoms with E-state index in [4.69, 9.17) is 21.2 Å². The van der Waals surface area contributed by atoms with Gasteiger partial charge in [-0.2, -0.15) is 0 Å². The molecule has 3 heterocycles. The summed E-state index contributed by atoms with van der Waals surface area (Å²) in [6.07, 6.45) is 10.9. The highest BCUT2D eigenvalue weighted by molar-refractivity contribution is 6.33. The minimum Gasteiger partial charge on any atom is -0.365 e. The topological polar surface area (TPSA) is 75.7 Å². The van der Waals surface area contributed by atoms with Crippen molar-refractivity contribution in [1.29, 1.82) is 0 Å². The number of likely N-dealkylation sites (tertiary alicyclic amines) is 1. The maximum Gasteiger partial charge on any atom is 0.303 e. The summed E-state index contributed by atoms with van der Waals surface area (Å²) in [6, 6.07) is 2.61. The van der Waals surface area contributed by atoms with Crippen LogP contribution in [-0.4, -0.2) is 53.9 Å². The molecule has 1 saturated carbocycles. The number of nitrogens with zero attached hydrogens (tertiary/aromatic N) is 2. The molecular formula is C22H30ClFN4O3. The van der Waals surface area contributed by atoms with Crippen LogP contribution in [0.2, 0.25) is 5.02 Å². The van der Waals surface area contributed by atoms with Crippen LogP contribution in [-0.2, 0) is 14.4 Å². The van der Waals surface area contributed by atoms with Crippen molar-refractivity contribution >= 4 is 29.4 Å². The first-order valence-electron chi connectivity index (χ1n) is 11.2. The highest BCUT2D eigenvalue weighted by Gasteiger charge is 2.30. The molecule has 9 heteroatoms. The number of hydrogen-bond acceptors (Lipinski definition) is 6. The van der Waals surface area contributed by atoms with Crippen LogP contribution < -0.4 is 10.8 Å². The molecule has 2 N–H and O–H groups in total. The molecule has 0 radical (unpaired) electrons. The molecule has 0 aromatic carbocycles. The lowest BCUT2D eigenvalue weighted by Crippen LogP contribution is -2.33. The number of carbonyl (C=O) groups is 1. The summed E-state index contributed by atoms with van der Waals surface area (Å²) in [5.41, 5.74) is 2.50. The van der Waals surface area contributed by atoms with Crippen LogP contribution in [0.4, 0.5) is 10.2 Å². The Bertz CT molecular complexity index is 797. The van der Waals surface area contributed by atoms with Crippen LogP contribution in [0.15, 0.2) is 18.1 Å². The third-order valence-electron chi connectivity index (χ3n) is 6.20. The molecule has 1 aliphatic carbocycles. The summed E-state index contributed by atoms with van der Waals surface area (Å²) in [7, 11) is 0. The number of aromatic nitrogens is 1. The number of nitrogens with one attached hydrogen (secondary N) is 2. The first kappa shape index (κ1) is 22.5. The Labute approximate surface area is 187 Å². The van der Waals surface area contributed by atoms with Gasteiger partial charge in [-0.05, 0) is 49.8 Å². The quantitative estimate of drug-likeness (QED) is 0.480. The third-order valence-corrected chi connectivity index (χ3v) is 6.48. The van der Waals surface area contributed by atoms with Crippen LogP contribution in [0, 0.1) is 0 Å². The van der Waals surface area contributed by atoms with Gasteiger partial charge in [-0.15, -0.1) is 0 Å². The van der Waals surface area contributed by atoms with E-state index in [1.807, 2.05) is 0 Å². The molecule has 7 nitrogen and oxygen atoms in total. The predicted molar refractivity (Wildman–Crippen MR) is 117 cm³/mol. The second-order valence-corrected chi connectivity index (χ2v) is 8.91. The molecule has 0 bridgehead atoms. The molecule has 2 saturated heterocycles. The number of anilines is 1. The Balaban J connectivity index is 1.28. The fourth-order valence-corrected chi connectivity index (χ4v) is 4.75. The zero-order chi connectivity index (χ0) is 21.6. The van der Waals surface area contributed by atoms with E-state index in [9.17, 15) is 9.18 Å². The molecule has 2 aliphatic heterocycles. The van der Waals surface area contributed by atoms with E-state index < -0.39 is 18.0 Å². The lowest BCUT2D eigenvalue weighted by Gasteiger charge is -2.23. The second-order valence-electron chi connectivity index (χ2n) is 8.50. The molecule has 3 fully saturated rings. The van der Waals surface area contributed by atoms with Crippen molar-refractivity contribution in [2.45, 2.75) is 69.7 Å². The summed E-state index contributed by atoms with van der Waals surface area (Å²) < 4.78 is 19.6. The van der Waals surface area contributed by atoms with Crippen LogP contribution >= 0.6 is 11.6 Å². The van der Waals surface area contributed by atoms with Crippen LogP contribution in [0.25, 0.3) is 6.08 Å². The van der Waals surface area contributed by atoms with E-state index in [1.54, 1.807) is 6.07 Å².